The van der Waals surface area contributed by atoms with Gasteiger partial charge in [-0.2, -0.15) is 0 Å². The van der Waals surface area contributed by atoms with Gasteiger partial charge in [-0.05, 0) is 30.8 Å². The molecule has 1 aromatic rings. The molecule has 0 aliphatic carbocycles. The summed E-state index contributed by atoms with van der Waals surface area (Å²) in [7, 11) is 0. The normalized spacial score (nSPS) is 14.7. The molecule has 21 heavy (non-hydrogen) atoms. The summed E-state index contributed by atoms with van der Waals surface area (Å²) in [6.07, 6.45) is 0. The Hall–Kier alpha value is -1.01. The molecule has 1 atom stereocenters. The second-order valence-corrected chi connectivity index (χ2v) is 5.36. The molecule has 118 valence electrons. The second kappa shape index (κ2) is 7.84. The van der Waals surface area contributed by atoms with E-state index < -0.39 is 0 Å². The Kier molecular flexibility index (Phi) is 6.11. The molecule has 0 fully saturated rings. The highest BCUT2D eigenvalue weighted by atomic mass is 35.5. The summed E-state index contributed by atoms with van der Waals surface area (Å²) in [5, 5.41) is 13.5. The summed E-state index contributed by atoms with van der Waals surface area (Å²) < 4.78 is 10.7. The van der Waals surface area contributed by atoms with Gasteiger partial charge >= 0.3 is 0 Å². The van der Waals surface area contributed by atoms with Gasteiger partial charge in [0.1, 0.15) is 0 Å². The summed E-state index contributed by atoms with van der Waals surface area (Å²) in [6.45, 7) is 8.29. The van der Waals surface area contributed by atoms with Gasteiger partial charge in [0, 0.05) is 13.1 Å². The van der Waals surface area contributed by atoms with Gasteiger partial charge in [0.2, 0.25) is 6.79 Å². The number of ether oxygens (including phenoxy) is 2. The summed E-state index contributed by atoms with van der Waals surface area (Å²) in [4.78, 5) is 2.33. The standard InChI is InChI=1S/C15H23ClN2O3/c1-3-18(4-2)6-5-17-13(9-19)11-7-12(16)15-14(8-11)20-10-21-15/h7-8,13,17,19H,3-6,9-10H2,1-2H3. The summed E-state index contributed by atoms with van der Waals surface area (Å²) >= 11 is 6.18. The Bertz CT molecular complexity index is 466. The van der Waals surface area contributed by atoms with Crippen LogP contribution in [0.15, 0.2) is 12.1 Å². The fourth-order valence-corrected chi connectivity index (χ4v) is 2.69. The number of benzene rings is 1. The number of fused-ring (bicyclic) bond motifs is 1. The summed E-state index contributed by atoms with van der Waals surface area (Å²) in [5.74, 6) is 1.22. The van der Waals surface area contributed by atoms with Crippen LogP contribution in [0.2, 0.25) is 5.02 Å². The Morgan fingerprint density at radius 3 is 2.76 bits per heavy atom. The number of hydrogen-bond donors (Lipinski definition) is 2. The van der Waals surface area contributed by atoms with Crippen molar-refractivity contribution in [2.75, 3.05) is 39.6 Å². The molecule has 1 aliphatic rings. The van der Waals surface area contributed by atoms with Gasteiger partial charge in [-0.1, -0.05) is 25.4 Å². The van der Waals surface area contributed by atoms with Crippen LogP contribution in [-0.4, -0.2) is 49.6 Å². The SMILES string of the molecule is CCN(CC)CCNC(CO)c1cc(Cl)c2c(c1)OCO2. The summed E-state index contributed by atoms with van der Waals surface area (Å²) in [5.41, 5.74) is 0.909. The largest absolute Gasteiger partial charge is 0.454 e. The lowest BCUT2D eigenvalue weighted by Crippen LogP contribution is -2.34. The molecule has 1 unspecified atom stereocenters. The first-order chi connectivity index (χ1) is 10.2. The van der Waals surface area contributed by atoms with Gasteiger partial charge in [0.05, 0.1) is 17.7 Å². The van der Waals surface area contributed by atoms with E-state index in [-0.39, 0.29) is 19.4 Å². The van der Waals surface area contributed by atoms with Crippen molar-refractivity contribution in [2.24, 2.45) is 0 Å². The zero-order valence-electron chi connectivity index (χ0n) is 12.6. The lowest BCUT2D eigenvalue weighted by atomic mass is 10.1. The van der Waals surface area contributed by atoms with E-state index in [0.29, 0.717) is 16.5 Å². The Labute approximate surface area is 130 Å². The maximum atomic E-state index is 9.61. The first-order valence-electron chi connectivity index (χ1n) is 7.35. The number of likely N-dealkylation sites (N-methyl/N-ethyl adjacent to an activating group) is 1. The minimum atomic E-state index is -0.160. The number of hydrogen-bond acceptors (Lipinski definition) is 5. The van der Waals surface area contributed by atoms with E-state index in [9.17, 15) is 5.11 Å². The average molecular weight is 315 g/mol. The molecule has 0 amide bonds. The number of aliphatic hydroxyl groups is 1. The van der Waals surface area contributed by atoms with Crippen molar-refractivity contribution < 1.29 is 14.6 Å². The van der Waals surface area contributed by atoms with Crippen LogP contribution in [0.4, 0.5) is 0 Å². The number of nitrogens with one attached hydrogen (secondary N) is 1. The van der Waals surface area contributed by atoms with Crippen molar-refractivity contribution in [3.8, 4) is 11.5 Å². The van der Waals surface area contributed by atoms with Crippen molar-refractivity contribution in [3.05, 3.63) is 22.7 Å². The molecule has 0 saturated carbocycles. The molecule has 0 aromatic heterocycles. The van der Waals surface area contributed by atoms with E-state index in [1.165, 1.54) is 0 Å². The average Bonchev–Trinajstić information content (AvgIpc) is 2.96. The first kappa shape index (κ1) is 16.4. The van der Waals surface area contributed by atoms with E-state index in [2.05, 4.69) is 24.1 Å². The topological polar surface area (TPSA) is 54.0 Å². The second-order valence-electron chi connectivity index (χ2n) is 4.95. The van der Waals surface area contributed by atoms with Crippen LogP contribution in [0.3, 0.4) is 0 Å². The van der Waals surface area contributed by atoms with Crippen molar-refractivity contribution in [3.63, 3.8) is 0 Å². The summed E-state index contributed by atoms with van der Waals surface area (Å²) in [6, 6.07) is 3.53. The van der Waals surface area contributed by atoms with E-state index in [1.807, 2.05) is 12.1 Å². The predicted octanol–water partition coefficient (Wildman–Crippen LogP) is 2.03. The molecule has 6 heteroatoms. The molecule has 0 bridgehead atoms. The van der Waals surface area contributed by atoms with Crippen molar-refractivity contribution in [1.29, 1.82) is 0 Å². The van der Waals surface area contributed by atoms with E-state index >= 15 is 0 Å². The highest BCUT2D eigenvalue weighted by Crippen LogP contribution is 2.40. The smallest absolute Gasteiger partial charge is 0.231 e. The molecule has 0 spiro atoms. The van der Waals surface area contributed by atoms with Crippen LogP contribution in [0.25, 0.3) is 0 Å². The van der Waals surface area contributed by atoms with Crippen molar-refractivity contribution >= 4 is 11.6 Å². The van der Waals surface area contributed by atoms with Gasteiger partial charge in [-0.25, -0.2) is 0 Å². The molecule has 2 N–H and O–H groups in total. The number of halogens is 1. The van der Waals surface area contributed by atoms with Gasteiger partial charge in [0.15, 0.2) is 11.5 Å². The maximum Gasteiger partial charge on any atom is 0.231 e. The molecule has 0 radical (unpaired) electrons. The fourth-order valence-electron chi connectivity index (χ4n) is 2.41. The highest BCUT2D eigenvalue weighted by molar-refractivity contribution is 6.32. The molecule has 0 saturated heterocycles. The van der Waals surface area contributed by atoms with Crippen LogP contribution < -0.4 is 14.8 Å². The van der Waals surface area contributed by atoms with Crippen molar-refractivity contribution in [2.45, 2.75) is 19.9 Å². The molecule has 5 nitrogen and oxygen atoms in total. The van der Waals surface area contributed by atoms with Crippen LogP contribution in [0.5, 0.6) is 11.5 Å². The molecular formula is C15H23ClN2O3. The third-order valence-corrected chi connectivity index (χ3v) is 4.03. The van der Waals surface area contributed by atoms with Gasteiger partial charge in [0.25, 0.3) is 0 Å². The zero-order chi connectivity index (χ0) is 15.2. The minimum absolute atomic E-state index is 0.00816. The van der Waals surface area contributed by atoms with Gasteiger partial charge in [-0.15, -0.1) is 0 Å². The van der Waals surface area contributed by atoms with Crippen molar-refractivity contribution in [1.82, 2.24) is 10.2 Å². The fraction of sp³-hybridized carbons (Fsp3) is 0.600. The lowest BCUT2D eigenvalue weighted by Gasteiger charge is -2.22. The zero-order valence-corrected chi connectivity index (χ0v) is 13.3. The van der Waals surface area contributed by atoms with E-state index in [4.69, 9.17) is 21.1 Å². The lowest BCUT2D eigenvalue weighted by molar-refractivity contribution is 0.174. The third kappa shape index (κ3) is 4.01. The Balaban J connectivity index is 1.99. The molecular weight excluding hydrogens is 292 g/mol. The van der Waals surface area contributed by atoms with Gasteiger partial charge < -0.3 is 24.8 Å². The minimum Gasteiger partial charge on any atom is -0.454 e. The Morgan fingerprint density at radius 2 is 2.10 bits per heavy atom. The van der Waals surface area contributed by atoms with Crippen LogP contribution >= 0.6 is 11.6 Å². The highest BCUT2D eigenvalue weighted by Gasteiger charge is 2.21. The Morgan fingerprint density at radius 1 is 1.33 bits per heavy atom. The quantitative estimate of drug-likeness (QED) is 0.769. The number of aliphatic hydroxyl groups excluding tert-OH is 1. The number of nitrogens with zero attached hydrogens (tertiary/aromatic N) is 1. The third-order valence-electron chi connectivity index (χ3n) is 3.75. The van der Waals surface area contributed by atoms with Crippen LogP contribution in [0, 0.1) is 0 Å². The van der Waals surface area contributed by atoms with Gasteiger partial charge in [-0.3, -0.25) is 0 Å². The molecule has 1 aliphatic heterocycles. The monoisotopic (exact) mass is 314 g/mol. The number of rotatable bonds is 8. The van der Waals surface area contributed by atoms with Crippen LogP contribution in [0.1, 0.15) is 25.5 Å². The van der Waals surface area contributed by atoms with E-state index in [1.54, 1.807) is 0 Å². The maximum absolute atomic E-state index is 9.61. The molecule has 2 rings (SSSR count). The van der Waals surface area contributed by atoms with E-state index in [0.717, 1.165) is 31.7 Å². The first-order valence-corrected chi connectivity index (χ1v) is 7.73. The molecule has 1 heterocycles. The molecule has 1 aromatic carbocycles. The predicted molar refractivity (Wildman–Crippen MR) is 83.2 cm³/mol. The van der Waals surface area contributed by atoms with Crippen LogP contribution in [-0.2, 0) is 0 Å².